The Kier molecular flexibility index (Phi) is 7.10. The Bertz CT molecular complexity index is 762. The van der Waals surface area contributed by atoms with Crippen molar-refractivity contribution in [1.29, 1.82) is 0 Å². The number of piperidine rings is 1. The fourth-order valence-electron chi connectivity index (χ4n) is 4.20. The third-order valence-electron chi connectivity index (χ3n) is 5.48. The van der Waals surface area contributed by atoms with Gasteiger partial charge in [0.25, 0.3) is 0 Å². The normalized spacial score (nSPS) is 20.1. The summed E-state index contributed by atoms with van der Waals surface area (Å²) in [7, 11) is 0. The average molecular weight is 381 g/mol. The minimum absolute atomic E-state index is 0.00335. The number of amides is 1. The van der Waals surface area contributed by atoms with E-state index in [1.54, 1.807) is 12.1 Å². The Morgan fingerprint density at radius 3 is 2.36 bits per heavy atom. The number of aryl methyl sites for hydroxylation is 1. The molecule has 1 aliphatic heterocycles. The third-order valence-corrected chi connectivity index (χ3v) is 5.48. The highest BCUT2D eigenvalue weighted by molar-refractivity contribution is 5.76. The van der Waals surface area contributed by atoms with E-state index in [9.17, 15) is 9.90 Å². The molecule has 0 bridgehead atoms. The quantitative estimate of drug-likeness (QED) is 0.760. The molecule has 1 fully saturated rings. The topological polar surface area (TPSA) is 52.6 Å². The van der Waals surface area contributed by atoms with E-state index in [4.69, 9.17) is 0 Å². The highest BCUT2D eigenvalue weighted by Crippen LogP contribution is 2.22. The average Bonchev–Trinajstić information content (AvgIpc) is 2.66. The number of likely N-dealkylation sites (tertiary alicyclic amines) is 1. The number of carbonyl (C=O) groups is 1. The van der Waals surface area contributed by atoms with E-state index in [1.807, 2.05) is 12.1 Å². The first-order chi connectivity index (χ1) is 13.5. The number of carbonyl (C=O) groups excluding carboxylic acids is 1. The van der Waals surface area contributed by atoms with E-state index in [0.717, 1.165) is 29.5 Å². The molecule has 2 atom stereocenters. The standard InChI is InChI=1S/C24H32N2O2/c1-18-13-19(2)16-26(15-18)17-21-9-7-20(8-10-21)14-25-24(28)12-11-22-5-3-4-6-23(22)27/h3-10,18-19,27H,11-17H2,1-2H3,(H,25,28). The van der Waals surface area contributed by atoms with Crippen molar-refractivity contribution in [3.05, 3.63) is 65.2 Å². The predicted molar refractivity (Wildman–Crippen MR) is 113 cm³/mol. The number of nitrogens with zero attached hydrogens (tertiary/aromatic N) is 1. The minimum atomic E-state index is 0.00335. The number of hydrogen-bond acceptors (Lipinski definition) is 3. The van der Waals surface area contributed by atoms with Crippen molar-refractivity contribution in [2.24, 2.45) is 11.8 Å². The van der Waals surface area contributed by atoms with E-state index in [1.165, 1.54) is 25.1 Å². The van der Waals surface area contributed by atoms with Gasteiger partial charge in [-0.3, -0.25) is 9.69 Å². The second kappa shape index (κ2) is 9.74. The molecule has 2 unspecified atom stereocenters. The van der Waals surface area contributed by atoms with Crippen LogP contribution in [0.3, 0.4) is 0 Å². The maximum atomic E-state index is 12.1. The molecule has 0 aromatic heterocycles. The fourth-order valence-corrected chi connectivity index (χ4v) is 4.20. The van der Waals surface area contributed by atoms with Gasteiger partial charge in [0.05, 0.1) is 0 Å². The van der Waals surface area contributed by atoms with Gasteiger partial charge in [-0.1, -0.05) is 56.3 Å². The lowest BCUT2D eigenvalue weighted by molar-refractivity contribution is -0.121. The van der Waals surface area contributed by atoms with E-state index in [2.05, 4.69) is 48.3 Å². The van der Waals surface area contributed by atoms with Crippen molar-refractivity contribution < 1.29 is 9.90 Å². The number of aromatic hydroxyl groups is 1. The van der Waals surface area contributed by atoms with Gasteiger partial charge in [0, 0.05) is 32.6 Å². The van der Waals surface area contributed by atoms with Crippen LogP contribution in [0.1, 0.15) is 43.4 Å². The summed E-state index contributed by atoms with van der Waals surface area (Å²) in [6.07, 6.45) is 2.25. The Balaban J connectivity index is 1.42. The zero-order valence-electron chi connectivity index (χ0n) is 17.0. The molecule has 2 aromatic rings. The first-order valence-corrected chi connectivity index (χ1v) is 10.3. The molecule has 4 heteroatoms. The maximum Gasteiger partial charge on any atom is 0.220 e. The van der Waals surface area contributed by atoms with Gasteiger partial charge in [-0.05, 0) is 47.4 Å². The Morgan fingerprint density at radius 1 is 1.04 bits per heavy atom. The Labute approximate surface area is 168 Å². The predicted octanol–water partition coefficient (Wildman–Crippen LogP) is 4.12. The van der Waals surface area contributed by atoms with E-state index in [0.29, 0.717) is 19.4 Å². The molecule has 2 N–H and O–H groups in total. The molecule has 1 aliphatic rings. The lowest BCUT2D eigenvalue weighted by Gasteiger charge is -2.35. The van der Waals surface area contributed by atoms with Crippen LogP contribution in [-0.4, -0.2) is 29.0 Å². The van der Waals surface area contributed by atoms with Crippen molar-refractivity contribution >= 4 is 5.91 Å². The lowest BCUT2D eigenvalue weighted by Crippen LogP contribution is -2.38. The summed E-state index contributed by atoms with van der Waals surface area (Å²) in [6.45, 7) is 8.58. The molecule has 4 nitrogen and oxygen atoms in total. The smallest absolute Gasteiger partial charge is 0.220 e. The van der Waals surface area contributed by atoms with E-state index >= 15 is 0 Å². The number of phenols is 1. The lowest BCUT2D eigenvalue weighted by atomic mass is 9.91. The molecule has 1 saturated heterocycles. The summed E-state index contributed by atoms with van der Waals surface area (Å²) in [5, 5.41) is 12.7. The molecule has 1 heterocycles. The van der Waals surface area contributed by atoms with Crippen LogP contribution in [0.4, 0.5) is 0 Å². The summed E-state index contributed by atoms with van der Waals surface area (Å²) >= 11 is 0. The largest absolute Gasteiger partial charge is 0.508 e. The van der Waals surface area contributed by atoms with Crippen molar-refractivity contribution in [2.75, 3.05) is 13.1 Å². The zero-order valence-corrected chi connectivity index (χ0v) is 17.0. The van der Waals surface area contributed by atoms with Crippen LogP contribution < -0.4 is 5.32 Å². The van der Waals surface area contributed by atoms with Gasteiger partial charge in [-0.2, -0.15) is 0 Å². The Hall–Kier alpha value is -2.33. The molecule has 0 radical (unpaired) electrons. The molecule has 0 saturated carbocycles. The van der Waals surface area contributed by atoms with Crippen molar-refractivity contribution in [2.45, 2.75) is 46.2 Å². The summed E-state index contributed by atoms with van der Waals surface area (Å²) < 4.78 is 0. The molecular weight excluding hydrogens is 348 g/mol. The number of para-hydroxylation sites is 1. The molecule has 28 heavy (non-hydrogen) atoms. The van der Waals surface area contributed by atoms with E-state index < -0.39 is 0 Å². The first-order valence-electron chi connectivity index (χ1n) is 10.3. The zero-order chi connectivity index (χ0) is 19.9. The molecule has 2 aromatic carbocycles. The summed E-state index contributed by atoms with van der Waals surface area (Å²) in [5.74, 6) is 1.80. The van der Waals surface area contributed by atoms with Crippen LogP contribution in [0.5, 0.6) is 5.75 Å². The van der Waals surface area contributed by atoms with Gasteiger partial charge in [0.1, 0.15) is 5.75 Å². The van der Waals surface area contributed by atoms with Crippen molar-refractivity contribution in [3.63, 3.8) is 0 Å². The van der Waals surface area contributed by atoms with Crippen molar-refractivity contribution in [3.8, 4) is 5.75 Å². The number of hydrogen-bond donors (Lipinski definition) is 2. The molecule has 0 spiro atoms. The Morgan fingerprint density at radius 2 is 1.68 bits per heavy atom. The number of nitrogens with one attached hydrogen (secondary N) is 1. The van der Waals surface area contributed by atoms with Crippen LogP contribution in [0.25, 0.3) is 0 Å². The number of rotatable bonds is 7. The van der Waals surface area contributed by atoms with Crippen molar-refractivity contribution in [1.82, 2.24) is 10.2 Å². The molecular formula is C24H32N2O2. The van der Waals surface area contributed by atoms with E-state index in [-0.39, 0.29) is 11.7 Å². The third kappa shape index (κ3) is 6.10. The highest BCUT2D eigenvalue weighted by atomic mass is 16.3. The molecule has 3 rings (SSSR count). The first kappa shape index (κ1) is 20.4. The second-order valence-electron chi connectivity index (χ2n) is 8.36. The van der Waals surface area contributed by atoms with Crippen LogP contribution in [-0.2, 0) is 24.3 Å². The number of benzene rings is 2. The molecule has 150 valence electrons. The molecule has 0 aliphatic carbocycles. The second-order valence-corrected chi connectivity index (χ2v) is 8.36. The maximum absolute atomic E-state index is 12.1. The van der Waals surface area contributed by atoms with Crippen LogP contribution >= 0.6 is 0 Å². The summed E-state index contributed by atoms with van der Waals surface area (Å²) in [6, 6.07) is 15.7. The van der Waals surface area contributed by atoms with Gasteiger partial charge in [0.15, 0.2) is 0 Å². The highest BCUT2D eigenvalue weighted by Gasteiger charge is 2.21. The summed E-state index contributed by atoms with van der Waals surface area (Å²) in [4.78, 5) is 14.6. The monoisotopic (exact) mass is 380 g/mol. The summed E-state index contributed by atoms with van der Waals surface area (Å²) in [5.41, 5.74) is 3.25. The van der Waals surface area contributed by atoms with Crippen LogP contribution in [0.15, 0.2) is 48.5 Å². The fraction of sp³-hybridized carbons (Fsp3) is 0.458. The van der Waals surface area contributed by atoms with Gasteiger partial charge < -0.3 is 10.4 Å². The van der Waals surface area contributed by atoms with Gasteiger partial charge >= 0.3 is 0 Å². The van der Waals surface area contributed by atoms with Gasteiger partial charge in [-0.25, -0.2) is 0 Å². The SMILES string of the molecule is CC1CC(C)CN(Cc2ccc(CNC(=O)CCc3ccccc3O)cc2)C1. The minimum Gasteiger partial charge on any atom is -0.508 e. The van der Waals surface area contributed by atoms with Crippen LogP contribution in [0, 0.1) is 11.8 Å². The molecule has 1 amide bonds. The van der Waals surface area contributed by atoms with Crippen LogP contribution in [0.2, 0.25) is 0 Å². The number of phenolic OH excluding ortho intramolecular Hbond substituents is 1. The van der Waals surface area contributed by atoms with Gasteiger partial charge in [-0.15, -0.1) is 0 Å². The van der Waals surface area contributed by atoms with Gasteiger partial charge in [0.2, 0.25) is 5.91 Å².